The molecule has 1 saturated carbocycles. The van der Waals surface area contributed by atoms with E-state index in [0.717, 1.165) is 52.0 Å². The molecule has 0 atom stereocenters. The topological polar surface area (TPSA) is 36.0 Å². The maximum atomic E-state index is 12.8. The van der Waals surface area contributed by atoms with Crippen LogP contribution in [-0.2, 0) is 9.53 Å². The van der Waals surface area contributed by atoms with E-state index in [1.807, 2.05) is 0 Å². The summed E-state index contributed by atoms with van der Waals surface area (Å²) in [6.45, 7) is 18.6. The highest BCUT2D eigenvalue weighted by Gasteiger charge is 2.37. The van der Waals surface area contributed by atoms with E-state index in [4.69, 9.17) is 4.74 Å². The number of hydrogen-bond acceptors (Lipinski definition) is 4. The highest BCUT2D eigenvalue weighted by Crippen LogP contribution is 2.32. The van der Waals surface area contributed by atoms with Crippen molar-refractivity contribution in [2.24, 2.45) is 23.7 Å². The fraction of sp³-hybridized carbons (Fsp3) is 0.957. The molecule has 0 aromatic heterocycles. The van der Waals surface area contributed by atoms with E-state index in [-0.39, 0.29) is 5.92 Å². The van der Waals surface area contributed by atoms with Crippen LogP contribution < -0.4 is 0 Å². The lowest BCUT2D eigenvalue weighted by atomic mass is 9.81. The van der Waals surface area contributed by atoms with Gasteiger partial charge in [-0.3, -0.25) is 9.69 Å². The summed E-state index contributed by atoms with van der Waals surface area (Å²) >= 11 is 0. The fourth-order valence-electron chi connectivity index (χ4n) is 5.00. The van der Waals surface area contributed by atoms with E-state index in [1.165, 1.54) is 32.7 Å². The first-order valence-corrected chi connectivity index (χ1v) is 11.7. The number of carbonyl (C=O) groups is 1. The molecule has 2 aliphatic heterocycles. The number of carbonyl (C=O) groups excluding carboxylic acids is 1. The summed E-state index contributed by atoms with van der Waals surface area (Å²) in [5.41, 5.74) is 0. The van der Waals surface area contributed by atoms with Crippen LogP contribution in [-0.4, -0.2) is 85.7 Å². The Morgan fingerprint density at radius 2 is 1.57 bits per heavy atom. The van der Waals surface area contributed by atoms with Crippen LogP contribution in [0.4, 0.5) is 0 Å². The van der Waals surface area contributed by atoms with E-state index in [0.29, 0.717) is 29.7 Å². The minimum atomic E-state index is 0.275. The second-order valence-corrected chi connectivity index (χ2v) is 10.2. The van der Waals surface area contributed by atoms with E-state index in [2.05, 4.69) is 42.4 Å². The number of nitrogens with zero attached hydrogens (tertiary/aromatic N) is 3. The molecule has 1 aliphatic carbocycles. The van der Waals surface area contributed by atoms with Crippen LogP contribution in [0.15, 0.2) is 0 Å². The Kier molecular flexibility index (Phi) is 8.19. The number of likely N-dealkylation sites (tertiary alicyclic amines) is 1. The molecular weight excluding hydrogens is 350 g/mol. The van der Waals surface area contributed by atoms with Gasteiger partial charge in [-0.15, -0.1) is 0 Å². The van der Waals surface area contributed by atoms with Crippen molar-refractivity contribution < 1.29 is 9.53 Å². The number of ether oxygens (including phenoxy) is 1. The first-order chi connectivity index (χ1) is 13.4. The Bertz CT molecular complexity index is 474. The first-order valence-electron chi connectivity index (χ1n) is 11.7. The summed E-state index contributed by atoms with van der Waals surface area (Å²) in [5, 5.41) is 0. The van der Waals surface area contributed by atoms with E-state index < -0.39 is 0 Å². The summed E-state index contributed by atoms with van der Waals surface area (Å²) < 4.78 is 5.81. The van der Waals surface area contributed by atoms with Crippen LogP contribution >= 0.6 is 0 Å². The molecule has 3 fully saturated rings. The third-order valence-corrected chi connectivity index (χ3v) is 6.92. The van der Waals surface area contributed by atoms with E-state index >= 15 is 0 Å². The van der Waals surface area contributed by atoms with E-state index in [9.17, 15) is 4.79 Å². The van der Waals surface area contributed by atoms with Gasteiger partial charge >= 0.3 is 0 Å². The number of rotatable bonds is 8. The fourth-order valence-corrected chi connectivity index (χ4v) is 5.00. The van der Waals surface area contributed by atoms with Gasteiger partial charge in [0.15, 0.2) is 0 Å². The van der Waals surface area contributed by atoms with Gasteiger partial charge in [-0.1, -0.05) is 13.8 Å². The van der Waals surface area contributed by atoms with Gasteiger partial charge in [0.2, 0.25) is 5.91 Å². The Labute approximate surface area is 172 Å². The van der Waals surface area contributed by atoms with Gasteiger partial charge in [0.05, 0.1) is 0 Å². The average Bonchev–Trinajstić information content (AvgIpc) is 2.64. The zero-order valence-corrected chi connectivity index (χ0v) is 18.7. The van der Waals surface area contributed by atoms with Crippen molar-refractivity contribution in [2.45, 2.75) is 59.4 Å². The van der Waals surface area contributed by atoms with Crippen LogP contribution in [0.1, 0.15) is 53.4 Å². The normalized spacial score (nSPS) is 28.1. The lowest BCUT2D eigenvalue weighted by Gasteiger charge is -2.45. The van der Waals surface area contributed by atoms with Crippen LogP contribution in [0.5, 0.6) is 0 Å². The molecule has 5 heteroatoms. The van der Waals surface area contributed by atoms with Gasteiger partial charge < -0.3 is 14.5 Å². The van der Waals surface area contributed by atoms with Crippen molar-refractivity contribution in [3.8, 4) is 0 Å². The molecule has 0 spiro atoms. The van der Waals surface area contributed by atoms with Gasteiger partial charge in [0.25, 0.3) is 0 Å². The SMILES string of the molecule is CC(C)COCC1CCC(C(=O)N2CC(CN3CCN(C(C)C)CC3)C2)CC1. The van der Waals surface area contributed by atoms with Crippen molar-refractivity contribution in [3.05, 3.63) is 0 Å². The smallest absolute Gasteiger partial charge is 0.225 e. The van der Waals surface area contributed by atoms with Crippen molar-refractivity contribution in [1.82, 2.24) is 14.7 Å². The van der Waals surface area contributed by atoms with Gasteiger partial charge in [-0.25, -0.2) is 0 Å². The van der Waals surface area contributed by atoms with Crippen molar-refractivity contribution in [3.63, 3.8) is 0 Å². The maximum absolute atomic E-state index is 12.8. The predicted octanol–water partition coefficient (Wildman–Crippen LogP) is 2.95. The second kappa shape index (κ2) is 10.4. The Morgan fingerprint density at radius 1 is 0.929 bits per heavy atom. The van der Waals surface area contributed by atoms with Crippen molar-refractivity contribution in [1.29, 1.82) is 0 Å². The minimum absolute atomic E-state index is 0.275. The summed E-state index contributed by atoms with van der Waals surface area (Å²) in [6, 6.07) is 0.663. The highest BCUT2D eigenvalue weighted by atomic mass is 16.5. The van der Waals surface area contributed by atoms with Gasteiger partial charge in [-0.05, 0) is 51.4 Å². The molecule has 0 bridgehead atoms. The molecule has 0 aromatic carbocycles. The molecule has 5 nitrogen and oxygen atoms in total. The Morgan fingerprint density at radius 3 is 2.14 bits per heavy atom. The second-order valence-electron chi connectivity index (χ2n) is 10.2. The lowest BCUT2D eigenvalue weighted by Crippen LogP contribution is -2.57. The quantitative estimate of drug-likeness (QED) is 0.635. The zero-order chi connectivity index (χ0) is 20.1. The number of hydrogen-bond donors (Lipinski definition) is 0. The standard InChI is InChI=1S/C23H43N3O2/c1-18(2)16-28-17-20-5-7-22(8-6-20)23(27)26-14-21(15-26)13-24-9-11-25(12-10-24)19(3)4/h18-22H,5-17H2,1-4H3. The Balaban J connectivity index is 1.28. The van der Waals surface area contributed by atoms with Gasteiger partial charge in [0, 0.05) is 76.9 Å². The van der Waals surface area contributed by atoms with Crippen LogP contribution in [0.25, 0.3) is 0 Å². The molecule has 0 radical (unpaired) electrons. The zero-order valence-electron chi connectivity index (χ0n) is 18.7. The maximum Gasteiger partial charge on any atom is 0.225 e. The molecular formula is C23H43N3O2. The average molecular weight is 394 g/mol. The molecule has 28 heavy (non-hydrogen) atoms. The third kappa shape index (κ3) is 6.17. The molecule has 2 saturated heterocycles. The minimum Gasteiger partial charge on any atom is -0.381 e. The number of piperazine rings is 1. The summed E-state index contributed by atoms with van der Waals surface area (Å²) in [6.07, 6.45) is 4.44. The summed E-state index contributed by atoms with van der Waals surface area (Å²) in [7, 11) is 0. The highest BCUT2D eigenvalue weighted by molar-refractivity contribution is 5.79. The van der Waals surface area contributed by atoms with Crippen molar-refractivity contribution >= 4 is 5.91 Å². The van der Waals surface area contributed by atoms with Crippen LogP contribution in [0.2, 0.25) is 0 Å². The summed E-state index contributed by atoms with van der Waals surface area (Å²) in [5.74, 6) is 2.67. The molecule has 3 aliphatic rings. The van der Waals surface area contributed by atoms with Crippen LogP contribution in [0.3, 0.4) is 0 Å². The van der Waals surface area contributed by atoms with Crippen LogP contribution in [0, 0.1) is 23.7 Å². The predicted molar refractivity (Wildman–Crippen MR) is 114 cm³/mol. The molecule has 162 valence electrons. The van der Waals surface area contributed by atoms with E-state index in [1.54, 1.807) is 0 Å². The largest absolute Gasteiger partial charge is 0.381 e. The molecule has 0 N–H and O–H groups in total. The molecule has 0 unspecified atom stereocenters. The molecule has 0 aromatic rings. The van der Waals surface area contributed by atoms with Gasteiger partial charge in [-0.2, -0.15) is 0 Å². The monoisotopic (exact) mass is 393 g/mol. The first kappa shape index (κ1) is 22.0. The Hall–Kier alpha value is -0.650. The molecule has 2 heterocycles. The molecule has 3 rings (SSSR count). The van der Waals surface area contributed by atoms with Gasteiger partial charge in [0.1, 0.15) is 0 Å². The van der Waals surface area contributed by atoms with Crippen molar-refractivity contribution in [2.75, 3.05) is 59.0 Å². The number of amides is 1. The molecule has 1 amide bonds. The summed E-state index contributed by atoms with van der Waals surface area (Å²) in [4.78, 5) is 20.1. The lowest BCUT2D eigenvalue weighted by molar-refractivity contribution is -0.144. The third-order valence-electron chi connectivity index (χ3n) is 6.92.